The molecule has 2 aromatic rings. The Hall–Kier alpha value is -2.76. The van der Waals surface area contributed by atoms with Crippen molar-refractivity contribution in [2.75, 3.05) is 24.3 Å². The zero-order valence-corrected chi connectivity index (χ0v) is 19.9. The lowest BCUT2D eigenvalue weighted by Crippen LogP contribution is -2.44. The number of carbonyl (C=O) groups excluding carboxylic acids is 2. The third-order valence-electron chi connectivity index (χ3n) is 6.54. The molecule has 32 heavy (non-hydrogen) atoms. The van der Waals surface area contributed by atoms with Crippen molar-refractivity contribution in [3.05, 3.63) is 47.9 Å². The molecule has 0 spiro atoms. The molecule has 1 fully saturated rings. The van der Waals surface area contributed by atoms with E-state index in [9.17, 15) is 9.59 Å². The van der Waals surface area contributed by atoms with Crippen molar-refractivity contribution in [1.29, 1.82) is 0 Å². The van der Waals surface area contributed by atoms with Crippen molar-refractivity contribution < 1.29 is 14.0 Å². The second-order valence-electron chi connectivity index (χ2n) is 8.94. The van der Waals surface area contributed by atoms with Crippen molar-refractivity contribution in [3.63, 3.8) is 0 Å². The van der Waals surface area contributed by atoms with Crippen LogP contribution in [0.2, 0.25) is 0 Å². The molecular weight excluding hydrogens is 402 g/mol. The van der Waals surface area contributed by atoms with Crippen LogP contribution in [0.15, 0.2) is 41.0 Å². The van der Waals surface area contributed by atoms with Crippen LogP contribution >= 0.6 is 0 Å². The Morgan fingerprint density at radius 2 is 1.81 bits per heavy atom. The highest BCUT2D eigenvalue weighted by molar-refractivity contribution is 6.02. The first kappa shape index (κ1) is 23.9. The summed E-state index contributed by atoms with van der Waals surface area (Å²) < 4.78 is 5.21. The van der Waals surface area contributed by atoms with Gasteiger partial charge in [0.2, 0.25) is 5.91 Å². The molecule has 0 radical (unpaired) electrons. The molecule has 0 atom stereocenters. The quantitative estimate of drug-likeness (QED) is 0.545. The van der Waals surface area contributed by atoms with Crippen LogP contribution in [0.25, 0.3) is 0 Å². The van der Waals surface area contributed by atoms with Crippen LogP contribution in [0.1, 0.15) is 74.9 Å². The molecule has 0 bridgehead atoms. The van der Waals surface area contributed by atoms with Crippen LogP contribution in [-0.4, -0.2) is 36.9 Å². The van der Waals surface area contributed by atoms with Gasteiger partial charge in [0.25, 0.3) is 5.91 Å². The minimum Gasteiger partial charge on any atom is -0.459 e. The van der Waals surface area contributed by atoms with Crippen molar-refractivity contribution in [2.24, 2.45) is 5.92 Å². The van der Waals surface area contributed by atoms with E-state index < -0.39 is 0 Å². The molecule has 1 aliphatic rings. The van der Waals surface area contributed by atoms with Gasteiger partial charge in [-0.25, -0.2) is 0 Å². The summed E-state index contributed by atoms with van der Waals surface area (Å²) in [5.74, 6) is 0.310. The van der Waals surface area contributed by atoms with Crippen LogP contribution in [0.3, 0.4) is 0 Å². The summed E-state index contributed by atoms with van der Waals surface area (Å²) in [4.78, 5) is 30.2. The van der Waals surface area contributed by atoms with Gasteiger partial charge in [0.1, 0.15) is 0 Å². The third kappa shape index (κ3) is 5.72. The fourth-order valence-electron chi connectivity index (χ4n) is 4.66. The highest BCUT2D eigenvalue weighted by Gasteiger charge is 2.30. The minimum absolute atomic E-state index is 0.0570. The number of amides is 2. The monoisotopic (exact) mass is 439 g/mol. The first-order valence-electron chi connectivity index (χ1n) is 11.9. The highest BCUT2D eigenvalue weighted by Crippen LogP contribution is 2.30. The molecule has 1 aromatic carbocycles. The molecule has 1 N–H and O–H groups in total. The lowest BCUT2D eigenvalue weighted by Gasteiger charge is -2.37. The number of benzene rings is 1. The standard InChI is InChI=1S/C26H37N3O3/c1-5-19(6-2)26(31)29(22-11-8-7-9-12-22)18-20-17-21(14-15-23(20)28(3)4)27-25(30)24-13-10-16-32-24/h10,13-17,19,22H,5-9,11-12,18H2,1-4H3,(H,27,30). The molecule has 6 heteroatoms. The molecule has 0 unspecified atom stereocenters. The zero-order valence-electron chi connectivity index (χ0n) is 19.9. The topological polar surface area (TPSA) is 65.8 Å². The van der Waals surface area contributed by atoms with E-state index in [2.05, 4.69) is 29.0 Å². The van der Waals surface area contributed by atoms with E-state index in [0.717, 1.165) is 36.9 Å². The van der Waals surface area contributed by atoms with Crippen LogP contribution in [0.5, 0.6) is 0 Å². The summed E-state index contributed by atoms with van der Waals surface area (Å²) in [6.07, 6.45) is 8.95. The van der Waals surface area contributed by atoms with E-state index in [1.165, 1.54) is 25.5 Å². The first-order valence-corrected chi connectivity index (χ1v) is 11.9. The van der Waals surface area contributed by atoms with Crippen molar-refractivity contribution >= 4 is 23.2 Å². The van der Waals surface area contributed by atoms with Crippen LogP contribution in [-0.2, 0) is 11.3 Å². The molecule has 1 heterocycles. The van der Waals surface area contributed by atoms with Crippen LogP contribution < -0.4 is 10.2 Å². The fraction of sp³-hybridized carbons (Fsp3) is 0.538. The second kappa shape index (κ2) is 11.2. The van der Waals surface area contributed by atoms with E-state index in [1.807, 2.05) is 32.3 Å². The molecule has 174 valence electrons. The average molecular weight is 440 g/mol. The number of nitrogens with zero attached hydrogens (tertiary/aromatic N) is 2. The first-order chi connectivity index (χ1) is 15.4. The van der Waals surface area contributed by atoms with Crippen LogP contribution in [0, 0.1) is 5.92 Å². The summed E-state index contributed by atoms with van der Waals surface area (Å²) in [7, 11) is 4.02. The molecule has 3 rings (SSSR count). The van der Waals surface area contributed by atoms with Crippen molar-refractivity contribution in [1.82, 2.24) is 4.90 Å². The number of hydrogen-bond donors (Lipinski definition) is 1. The van der Waals surface area contributed by atoms with Gasteiger partial charge in [0, 0.05) is 44.0 Å². The van der Waals surface area contributed by atoms with Gasteiger partial charge in [-0.1, -0.05) is 33.1 Å². The summed E-state index contributed by atoms with van der Waals surface area (Å²) in [5.41, 5.74) is 2.79. The summed E-state index contributed by atoms with van der Waals surface area (Å²) in [6.45, 7) is 4.75. The van der Waals surface area contributed by atoms with Gasteiger partial charge in [-0.2, -0.15) is 0 Å². The number of nitrogens with one attached hydrogen (secondary N) is 1. The summed E-state index contributed by atoms with van der Waals surface area (Å²) in [5, 5.41) is 2.92. The van der Waals surface area contributed by atoms with E-state index >= 15 is 0 Å². The van der Waals surface area contributed by atoms with E-state index in [1.54, 1.807) is 12.1 Å². The zero-order chi connectivity index (χ0) is 23.1. The van der Waals surface area contributed by atoms with Crippen LogP contribution in [0.4, 0.5) is 11.4 Å². The Balaban J connectivity index is 1.90. The Morgan fingerprint density at radius 1 is 1.09 bits per heavy atom. The van der Waals surface area contributed by atoms with Gasteiger partial charge in [-0.15, -0.1) is 0 Å². The molecule has 2 amide bonds. The van der Waals surface area contributed by atoms with Gasteiger partial charge in [0.05, 0.1) is 6.26 Å². The maximum absolute atomic E-state index is 13.5. The van der Waals surface area contributed by atoms with E-state index in [4.69, 9.17) is 4.42 Å². The van der Waals surface area contributed by atoms with E-state index in [-0.39, 0.29) is 29.5 Å². The minimum atomic E-state index is -0.282. The Kier molecular flexibility index (Phi) is 8.37. The van der Waals surface area contributed by atoms with Gasteiger partial charge in [-0.3, -0.25) is 9.59 Å². The third-order valence-corrected chi connectivity index (χ3v) is 6.54. The maximum Gasteiger partial charge on any atom is 0.291 e. The second-order valence-corrected chi connectivity index (χ2v) is 8.94. The van der Waals surface area contributed by atoms with Gasteiger partial charge in [0.15, 0.2) is 5.76 Å². The van der Waals surface area contributed by atoms with Gasteiger partial charge < -0.3 is 19.5 Å². The smallest absolute Gasteiger partial charge is 0.291 e. The predicted molar refractivity (Wildman–Crippen MR) is 129 cm³/mol. The number of anilines is 2. The molecular formula is C26H37N3O3. The number of hydrogen-bond acceptors (Lipinski definition) is 4. The molecule has 1 aliphatic carbocycles. The largest absolute Gasteiger partial charge is 0.459 e. The molecule has 0 saturated heterocycles. The Bertz CT molecular complexity index is 882. The number of furan rings is 1. The van der Waals surface area contributed by atoms with E-state index in [0.29, 0.717) is 12.2 Å². The van der Waals surface area contributed by atoms with Crippen molar-refractivity contribution in [2.45, 2.75) is 71.4 Å². The number of carbonyl (C=O) groups is 2. The molecule has 6 nitrogen and oxygen atoms in total. The fourth-order valence-corrected chi connectivity index (χ4v) is 4.66. The summed E-state index contributed by atoms with van der Waals surface area (Å²) in [6, 6.07) is 9.52. The molecule has 1 saturated carbocycles. The highest BCUT2D eigenvalue weighted by atomic mass is 16.3. The predicted octanol–water partition coefficient (Wildman–Crippen LogP) is 5.70. The SMILES string of the molecule is CCC(CC)C(=O)N(Cc1cc(NC(=O)c2ccco2)ccc1N(C)C)C1CCCCC1. The lowest BCUT2D eigenvalue weighted by atomic mass is 9.91. The maximum atomic E-state index is 13.5. The molecule has 1 aromatic heterocycles. The molecule has 0 aliphatic heterocycles. The van der Waals surface area contributed by atoms with Gasteiger partial charge in [-0.05, 0) is 61.6 Å². The Labute approximate surface area is 192 Å². The number of rotatable bonds is 9. The van der Waals surface area contributed by atoms with Crippen molar-refractivity contribution in [3.8, 4) is 0 Å². The Morgan fingerprint density at radius 3 is 2.41 bits per heavy atom. The summed E-state index contributed by atoms with van der Waals surface area (Å²) >= 11 is 0. The normalized spacial score (nSPS) is 14.4. The lowest BCUT2D eigenvalue weighted by molar-refractivity contribution is -0.139. The van der Waals surface area contributed by atoms with Gasteiger partial charge >= 0.3 is 0 Å². The average Bonchev–Trinajstić information content (AvgIpc) is 3.34.